The molecule has 3 rings (SSSR count). The highest BCUT2D eigenvalue weighted by molar-refractivity contribution is 6.30. The van der Waals surface area contributed by atoms with Gasteiger partial charge < -0.3 is 19.9 Å². The summed E-state index contributed by atoms with van der Waals surface area (Å²) in [6.07, 6.45) is -1.28. The van der Waals surface area contributed by atoms with Gasteiger partial charge in [0.15, 0.2) is 0 Å². The second-order valence-electron chi connectivity index (χ2n) is 6.90. The van der Waals surface area contributed by atoms with Crippen molar-refractivity contribution in [3.63, 3.8) is 0 Å². The second-order valence-corrected chi connectivity index (χ2v) is 7.34. The average Bonchev–Trinajstić information content (AvgIpc) is 3.11. The van der Waals surface area contributed by atoms with Gasteiger partial charge in [0.25, 0.3) is 5.56 Å². The molecule has 0 saturated carbocycles. The number of nitrogens with zero attached hydrogens (tertiary/aromatic N) is 1. The number of nitrogens with one attached hydrogen (secondary N) is 1. The third kappa shape index (κ3) is 5.33. The molecule has 4 atom stereocenters. The zero-order chi connectivity index (χ0) is 21.8. The zero-order valence-corrected chi connectivity index (χ0v) is 16.8. The molecule has 3 N–H and O–H groups in total. The number of halogens is 2. The van der Waals surface area contributed by atoms with Gasteiger partial charge in [0.05, 0.1) is 18.9 Å². The van der Waals surface area contributed by atoms with Crippen molar-refractivity contribution in [2.24, 2.45) is 5.73 Å². The summed E-state index contributed by atoms with van der Waals surface area (Å²) in [5.41, 5.74) is 4.40. The third-order valence-electron chi connectivity index (χ3n) is 4.55. The summed E-state index contributed by atoms with van der Waals surface area (Å²) in [4.78, 5) is 36.9. The molecule has 2 aromatic rings. The fraction of sp³-hybridized carbons (Fsp3) is 0.421. The number of hydrogen-bond donors (Lipinski definition) is 2. The largest absolute Gasteiger partial charge is 0.462 e. The maximum absolute atomic E-state index is 13.7. The number of benzene rings is 1. The number of hydrogen-bond acceptors (Lipinski definition) is 7. The van der Waals surface area contributed by atoms with E-state index in [1.165, 1.54) is 6.92 Å². The summed E-state index contributed by atoms with van der Waals surface area (Å²) in [6.45, 7) is 1.53. The molecule has 0 aliphatic carbocycles. The van der Waals surface area contributed by atoms with Crippen LogP contribution < -0.4 is 17.0 Å². The first-order valence-electron chi connectivity index (χ1n) is 9.19. The van der Waals surface area contributed by atoms with E-state index < -0.39 is 47.5 Å². The van der Waals surface area contributed by atoms with Crippen LogP contribution in [-0.4, -0.2) is 40.4 Å². The van der Waals surface area contributed by atoms with Gasteiger partial charge in [-0.3, -0.25) is 19.1 Å². The Kier molecular flexibility index (Phi) is 7.03. The van der Waals surface area contributed by atoms with E-state index >= 15 is 0 Å². The van der Waals surface area contributed by atoms with Crippen molar-refractivity contribution in [1.82, 2.24) is 9.55 Å². The third-order valence-corrected chi connectivity index (χ3v) is 4.81. The molecule has 11 heteroatoms. The minimum absolute atomic E-state index is 0.164. The molecular formula is C19H21ClFN3O6. The van der Waals surface area contributed by atoms with Crippen LogP contribution in [0.5, 0.6) is 0 Å². The maximum atomic E-state index is 13.7. The summed E-state index contributed by atoms with van der Waals surface area (Å²) in [6, 6.07) is 6.22. The summed E-state index contributed by atoms with van der Waals surface area (Å²) in [7, 11) is 0. The normalized spacial score (nSPS) is 22.1. The van der Waals surface area contributed by atoms with E-state index in [-0.39, 0.29) is 19.6 Å². The molecule has 0 spiro atoms. The molecule has 0 bridgehead atoms. The number of carbonyl (C=O) groups is 1. The molecule has 1 saturated heterocycles. The van der Waals surface area contributed by atoms with Crippen LogP contribution in [0.2, 0.25) is 5.02 Å². The standard InChI is InChI=1S/C19H21ClFN3O6/c1-10(22)18(26)29-9-15-14(28-8-11-2-4-12(20)5-3-11)6-16(30-15)24-7-13(21)17(25)23-19(24)27/h2-5,7,10,14-16H,6,8-9,22H2,1H3,(H,23,25,27)/t10?,14-,15+,16+/m0/s1. The van der Waals surface area contributed by atoms with Crippen molar-refractivity contribution in [3.8, 4) is 0 Å². The molecule has 1 aliphatic rings. The number of rotatable bonds is 7. The summed E-state index contributed by atoms with van der Waals surface area (Å²) in [5.74, 6) is -1.74. The Labute approximate surface area is 175 Å². The molecule has 162 valence electrons. The monoisotopic (exact) mass is 441 g/mol. The van der Waals surface area contributed by atoms with E-state index in [4.69, 9.17) is 31.5 Å². The van der Waals surface area contributed by atoms with Gasteiger partial charge in [0.2, 0.25) is 5.82 Å². The van der Waals surface area contributed by atoms with Gasteiger partial charge in [-0.1, -0.05) is 23.7 Å². The van der Waals surface area contributed by atoms with Crippen LogP contribution in [0.1, 0.15) is 25.1 Å². The maximum Gasteiger partial charge on any atom is 0.330 e. The van der Waals surface area contributed by atoms with Gasteiger partial charge in [0, 0.05) is 11.4 Å². The highest BCUT2D eigenvalue weighted by atomic mass is 35.5. The predicted octanol–water partition coefficient (Wildman–Crippen LogP) is 1.09. The minimum Gasteiger partial charge on any atom is -0.462 e. The fourth-order valence-electron chi connectivity index (χ4n) is 2.95. The van der Waals surface area contributed by atoms with Crippen molar-refractivity contribution in [3.05, 3.63) is 67.7 Å². The molecular weight excluding hydrogens is 421 g/mol. The van der Waals surface area contributed by atoms with Gasteiger partial charge >= 0.3 is 11.7 Å². The molecule has 1 unspecified atom stereocenters. The molecule has 1 aromatic heterocycles. The predicted molar refractivity (Wildman–Crippen MR) is 104 cm³/mol. The Balaban J connectivity index is 1.75. The van der Waals surface area contributed by atoms with Crippen LogP contribution in [0.4, 0.5) is 4.39 Å². The number of aromatic nitrogens is 2. The summed E-state index contributed by atoms with van der Waals surface area (Å²) < 4.78 is 31.4. The van der Waals surface area contributed by atoms with Crippen LogP contribution in [0.3, 0.4) is 0 Å². The van der Waals surface area contributed by atoms with Crippen molar-refractivity contribution < 1.29 is 23.4 Å². The van der Waals surface area contributed by atoms with Gasteiger partial charge in [-0.15, -0.1) is 0 Å². The van der Waals surface area contributed by atoms with Crippen LogP contribution in [-0.2, 0) is 25.6 Å². The number of esters is 1. The zero-order valence-electron chi connectivity index (χ0n) is 16.0. The Hall–Kier alpha value is -2.53. The number of nitrogens with two attached hydrogens (primary N) is 1. The van der Waals surface area contributed by atoms with Crippen LogP contribution in [0.25, 0.3) is 0 Å². The molecule has 0 radical (unpaired) electrons. The quantitative estimate of drug-likeness (QED) is 0.616. The Morgan fingerprint density at radius 3 is 2.77 bits per heavy atom. The van der Waals surface area contributed by atoms with Crippen molar-refractivity contribution in [2.45, 2.75) is 44.4 Å². The van der Waals surface area contributed by atoms with Crippen LogP contribution in [0.15, 0.2) is 40.1 Å². The summed E-state index contributed by atoms with van der Waals surface area (Å²) >= 11 is 5.88. The number of ether oxygens (including phenoxy) is 3. The van der Waals surface area contributed by atoms with E-state index in [0.717, 1.165) is 16.3 Å². The van der Waals surface area contributed by atoms with E-state index in [1.54, 1.807) is 24.3 Å². The smallest absolute Gasteiger partial charge is 0.330 e. The van der Waals surface area contributed by atoms with E-state index in [0.29, 0.717) is 5.02 Å². The van der Waals surface area contributed by atoms with Crippen molar-refractivity contribution >= 4 is 17.6 Å². The second kappa shape index (κ2) is 9.52. The van der Waals surface area contributed by atoms with Gasteiger partial charge in [-0.2, -0.15) is 4.39 Å². The van der Waals surface area contributed by atoms with Gasteiger partial charge in [-0.25, -0.2) is 4.79 Å². The molecule has 9 nitrogen and oxygen atoms in total. The molecule has 0 amide bonds. The lowest BCUT2D eigenvalue weighted by Crippen LogP contribution is -2.35. The molecule has 1 aliphatic heterocycles. The van der Waals surface area contributed by atoms with E-state index in [1.807, 2.05) is 4.98 Å². The lowest BCUT2D eigenvalue weighted by atomic mass is 10.1. The van der Waals surface area contributed by atoms with Crippen LogP contribution in [0, 0.1) is 5.82 Å². The van der Waals surface area contributed by atoms with Crippen molar-refractivity contribution in [1.29, 1.82) is 0 Å². The van der Waals surface area contributed by atoms with Crippen LogP contribution >= 0.6 is 11.6 Å². The number of aromatic amines is 1. The topological polar surface area (TPSA) is 126 Å². The number of H-pyrrole nitrogens is 1. The molecule has 30 heavy (non-hydrogen) atoms. The van der Waals surface area contributed by atoms with E-state index in [2.05, 4.69) is 0 Å². The first-order valence-corrected chi connectivity index (χ1v) is 9.57. The van der Waals surface area contributed by atoms with Gasteiger partial charge in [0.1, 0.15) is 25.0 Å². The molecule has 1 fully saturated rings. The fourth-order valence-corrected chi connectivity index (χ4v) is 3.08. The number of carbonyl (C=O) groups excluding carboxylic acids is 1. The lowest BCUT2D eigenvalue weighted by Gasteiger charge is -2.19. The Morgan fingerprint density at radius 2 is 2.10 bits per heavy atom. The average molecular weight is 442 g/mol. The Morgan fingerprint density at radius 1 is 1.40 bits per heavy atom. The first-order chi connectivity index (χ1) is 14.2. The van der Waals surface area contributed by atoms with Crippen molar-refractivity contribution in [2.75, 3.05) is 6.61 Å². The molecule has 1 aromatic carbocycles. The Bertz CT molecular complexity index is 1010. The highest BCUT2D eigenvalue weighted by Gasteiger charge is 2.38. The SMILES string of the molecule is CC(N)C(=O)OC[C@H]1O[C@@H](n2cc(F)c(=O)[nH]c2=O)C[C@@H]1OCc1ccc(Cl)cc1. The lowest BCUT2D eigenvalue weighted by molar-refractivity contribution is -0.152. The van der Waals surface area contributed by atoms with Gasteiger partial charge in [-0.05, 0) is 24.6 Å². The first kappa shape index (κ1) is 22.2. The highest BCUT2D eigenvalue weighted by Crippen LogP contribution is 2.31. The van der Waals surface area contributed by atoms with E-state index in [9.17, 15) is 18.8 Å². The summed E-state index contributed by atoms with van der Waals surface area (Å²) in [5, 5.41) is 0.586. The minimum atomic E-state index is -1.12. The molecule has 2 heterocycles.